The Bertz CT molecular complexity index is 584. The van der Waals surface area contributed by atoms with Crippen LogP contribution in [0.3, 0.4) is 0 Å². The molecule has 0 aromatic carbocycles. The minimum absolute atomic E-state index is 0.0603. The Kier molecular flexibility index (Phi) is 3.40. The summed E-state index contributed by atoms with van der Waals surface area (Å²) in [6, 6.07) is 0. The maximum atomic E-state index is 11.8. The van der Waals surface area contributed by atoms with Gasteiger partial charge >= 0.3 is 5.69 Å². The van der Waals surface area contributed by atoms with E-state index in [-0.39, 0.29) is 24.0 Å². The number of aromatic amines is 1. The van der Waals surface area contributed by atoms with E-state index in [4.69, 9.17) is 5.73 Å². The number of nitrogens with one attached hydrogen (secondary N) is 2. The van der Waals surface area contributed by atoms with Crippen LogP contribution in [0, 0.1) is 5.92 Å². The minimum Gasteiger partial charge on any atom is -0.394 e. The molecule has 0 amide bonds. The van der Waals surface area contributed by atoms with Gasteiger partial charge in [-0.05, 0) is 18.8 Å². The summed E-state index contributed by atoms with van der Waals surface area (Å²) < 4.78 is 1.35. The van der Waals surface area contributed by atoms with Gasteiger partial charge in [0.05, 0.1) is 12.1 Å². The molecule has 0 bridgehead atoms. The first kappa shape index (κ1) is 13.7. The minimum atomic E-state index is -0.540. The molecule has 7 nitrogen and oxygen atoms in total. The standard InChI is InChI=1S/C12H20N4O3/c1-7(2)5-16-9(13)8(10(18)14-11(16)19)15-12(6-17)3-4-12/h7,15,17H,3-6,13H2,1-2H3,(H,14,18,19). The topological polar surface area (TPSA) is 113 Å². The van der Waals surface area contributed by atoms with Gasteiger partial charge in [-0.25, -0.2) is 4.79 Å². The number of hydrogen-bond acceptors (Lipinski definition) is 5. The second kappa shape index (κ2) is 4.73. The third kappa shape index (κ3) is 2.65. The molecule has 1 fully saturated rings. The smallest absolute Gasteiger partial charge is 0.330 e. The molecular weight excluding hydrogens is 248 g/mol. The average Bonchev–Trinajstić information content (AvgIpc) is 3.10. The number of nitrogens with zero attached hydrogens (tertiary/aromatic N) is 1. The van der Waals surface area contributed by atoms with Crippen molar-refractivity contribution in [3.8, 4) is 0 Å². The lowest BCUT2D eigenvalue weighted by atomic mass is 10.2. The van der Waals surface area contributed by atoms with E-state index in [0.29, 0.717) is 6.54 Å². The molecule has 1 aromatic rings. The third-order valence-corrected chi connectivity index (χ3v) is 3.33. The molecule has 1 aliphatic rings. The Labute approximate surface area is 110 Å². The number of anilines is 2. The van der Waals surface area contributed by atoms with Gasteiger partial charge in [-0.2, -0.15) is 0 Å². The number of nitrogens with two attached hydrogens (primary N) is 1. The first-order valence-electron chi connectivity index (χ1n) is 6.40. The van der Waals surface area contributed by atoms with Crippen molar-refractivity contribution in [1.29, 1.82) is 0 Å². The summed E-state index contributed by atoms with van der Waals surface area (Å²) in [6.07, 6.45) is 1.57. The number of nitrogen functional groups attached to an aromatic ring is 1. The summed E-state index contributed by atoms with van der Waals surface area (Å²) >= 11 is 0. The van der Waals surface area contributed by atoms with Crippen LogP contribution in [0.2, 0.25) is 0 Å². The zero-order chi connectivity index (χ0) is 14.2. The highest BCUT2D eigenvalue weighted by Crippen LogP contribution is 2.38. The van der Waals surface area contributed by atoms with Gasteiger partial charge < -0.3 is 16.2 Å². The maximum Gasteiger partial charge on any atom is 0.330 e. The summed E-state index contributed by atoms with van der Waals surface area (Å²) in [5.41, 5.74) is 4.59. The molecule has 106 valence electrons. The molecule has 2 rings (SSSR count). The van der Waals surface area contributed by atoms with Crippen molar-refractivity contribution in [3.05, 3.63) is 20.8 Å². The molecule has 0 saturated heterocycles. The van der Waals surface area contributed by atoms with Gasteiger partial charge in [-0.1, -0.05) is 13.8 Å². The van der Waals surface area contributed by atoms with E-state index in [0.717, 1.165) is 12.8 Å². The van der Waals surface area contributed by atoms with E-state index in [9.17, 15) is 14.7 Å². The summed E-state index contributed by atoms with van der Waals surface area (Å²) in [5, 5.41) is 12.3. The van der Waals surface area contributed by atoms with Crippen LogP contribution in [-0.4, -0.2) is 26.8 Å². The van der Waals surface area contributed by atoms with Crippen LogP contribution in [0.1, 0.15) is 26.7 Å². The Morgan fingerprint density at radius 2 is 2.11 bits per heavy atom. The first-order valence-corrected chi connectivity index (χ1v) is 6.40. The van der Waals surface area contributed by atoms with E-state index in [2.05, 4.69) is 10.3 Å². The number of aliphatic hydroxyl groups excluding tert-OH is 1. The van der Waals surface area contributed by atoms with Crippen molar-refractivity contribution in [2.24, 2.45) is 5.92 Å². The number of rotatable bonds is 5. The second-order valence-electron chi connectivity index (χ2n) is 5.59. The summed E-state index contributed by atoms with van der Waals surface area (Å²) in [6.45, 7) is 4.29. The molecule has 7 heteroatoms. The number of H-pyrrole nitrogens is 1. The molecular formula is C12H20N4O3. The SMILES string of the molecule is CC(C)Cn1c(N)c(NC2(CO)CC2)c(=O)[nH]c1=O. The second-order valence-corrected chi connectivity index (χ2v) is 5.59. The van der Waals surface area contributed by atoms with Gasteiger partial charge in [0.2, 0.25) is 0 Å². The maximum absolute atomic E-state index is 11.8. The van der Waals surface area contributed by atoms with Gasteiger partial charge in [0, 0.05) is 6.54 Å². The fourth-order valence-corrected chi connectivity index (χ4v) is 1.99. The normalized spacial score (nSPS) is 16.6. The van der Waals surface area contributed by atoms with Gasteiger partial charge in [0.15, 0.2) is 0 Å². The third-order valence-electron chi connectivity index (χ3n) is 3.33. The fourth-order valence-electron chi connectivity index (χ4n) is 1.99. The Hall–Kier alpha value is -1.76. The molecule has 5 N–H and O–H groups in total. The van der Waals surface area contributed by atoms with Crippen molar-refractivity contribution in [2.45, 2.75) is 38.8 Å². The lowest BCUT2D eigenvalue weighted by Crippen LogP contribution is -2.38. The molecule has 19 heavy (non-hydrogen) atoms. The molecule has 0 spiro atoms. The van der Waals surface area contributed by atoms with Crippen molar-refractivity contribution in [3.63, 3.8) is 0 Å². The van der Waals surface area contributed by atoms with Crippen molar-refractivity contribution in [2.75, 3.05) is 17.7 Å². The van der Waals surface area contributed by atoms with Crippen LogP contribution in [0.25, 0.3) is 0 Å². The largest absolute Gasteiger partial charge is 0.394 e. The van der Waals surface area contributed by atoms with Crippen molar-refractivity contribution in [1.82, 2.24) is 9.55 Å². The van der Waals surface area contributed by atoms with E-state index >= 15 is 0 Å². The number of hydrogen-bond donors (Lipinski definition) is 4. The zero-order valence-corrected chi connectivity index (χ0v) is 11.2. The Morgan fingerprint density at radius 3 is 2.58 bits per heavy atom. The summed E-state index contributed by atoms with van der Waals surface area (Å²) in [5.74, 6) is 0.355. The highest BCUT2D eigenvalue weighted by atomic mass is 16.3. The number of aliphatic hydroxyl groups is 1. The lowest BCUT2D eigenvalue weighted by molar-refractivity contribution is 0.266. The molecule has 0 atom stereocenters. The van der Waals surface area contributed by atoms with Gasteiger partial charge in [0.25, 0.3) is 5.56 Å². The van der Waals surface area contributed by atoms with Crippen LogP contribution in [0.15, 0.2) is 9.59 Å². The highest BCUT2D eigenvalue weighted by molar-refractivity contribution is 5.62. The molecule has 0 aliphatic heterocycles. The fraction of sp³-hybridized carbons (Fsp3) is 0.667. The van der Waals surface area contributed by atoms with Crippen LogP contribution in [-0.2, 0) is 6.54 Å². The zero-order valence-electron chi connectivity index (χ0n) is 11.2. The van der Waals surface area contributed by atoms with Gasteiger partial charge in [-0.3, -0.25) is 14.3 Å². The molecule has 1 aliphatic carbocycles. The molecule has 0 radical (unpaired) electrons. The first-order chi connectivity index (χ1) is 8.88. The molecule has 1 heterocycles. The van der Waals surface area contributed by atoms with Crippen molar-refractivity contribution < 1.29 is 5.11 Å². The van der Waals surface area contributed by atoms with Gasteiger partial charge in [-0.15, -0.1) is 0 Å². The van der Waals surface area contributed by atoms with Crippen LogP contribution < -0.4 is 22.3 Å². The van der Waals surface area contributed by atoms with E-state index in [1.165, 1.54) is 4.57 Å². The molecule has 0 unspecified atom stereocenters. The van der Waals surface area contributed by atoms with Crippen LogP contribution >= 0.6 is 0 Å². The monoisotopic (exact) mass is 268 g/mol. The van der Waals surface area contributed by atoms with Crippen molar-refractivity contribution >= 4 is 11.5 Å². The predicted molar refractivity (Wildman–Crippen MR) is 73.2 cm³/mol. The average molecular weight is 268 g/mol. The summed E-state index contributed by atoms with van der Waals surface area (Å²) in [7, 11) is 0. The van der Waals surface area contributed by atoms with Crippen LogP contribution in [0.4, 0.5) is 11.5 Å². The Morgan fingerprint density at radius 1 is 1.47 bits per heavy atom. The van der Waals surface area contributed by atoms with E-state index in [1.807, 2.05) is 13.8 Å². The quantitative estimate of drug-likeness (QED) is 0.586. The molecule has 1 aromatic heterocycles. The van der Waals surface area contributed by atoms with Crippen LogP contribution in [0.5, 0.6) is 0 Å². The number of aromatic nitrogens is 2. The van der Waals surface area contributed by atoms with E-state index < -0.39 is 16.8 Å². The summed E-state index contributed by atoms with van der Waals surface area (Å²) in [4.78, 5) is 25.8. The van der Waals surface area contributed by atoms with E-state index in [1.54, 1.807) is 0 Å². The highest BCUT2D eigenvalue weighted by Gasteiger charge is 2.43. The lowest BCUT2D eigenvalue weighted by Gasteiger charge is -2.19. The Balaban J connectivity index is 2.43. The molecule has 1 saturated carbocycles. The predicted octanol–water partition coefficient (Wildman–Crippen LogP) is -0.288. The van der Waals surface area contributed by atoms with Gasteiger partial charge in [0.1, 0.15) is 11.5 Å².